The summed E-state index contributed by atoms with van der Waals surface area (Å²) in [6, 6.07) is 8.85. The van der Waals surface area contributed by atoms with Crippen LogP contribution in [0.3, 0.4) is 0 Å². The second-order valence-corrected chi connectivity index (χ2v) is 4.44. The Morgan fingerprint density at radius 2 is 1.91 bits per heavy atom. The third-order valence-electron chi connectivity index (χ3n) is 2.93. The summed E-state index contributed by atoms with van der Waals surface area (Å²) in [5.74, 6) is -1.29. The number of carbonyl (C=O) groups is 2. The maximum absolute atomic E-state index is 11.9. The fraction of sp³-hybridized carbons (Fsp3) is 0.133. The van der Waals surface area contributed by atoms with Gasteiger partial charge in [0.25, 0.3) is 5.56 Å². The summed E-state index contributed by atoms with van der Waals surface area (Å²) in [6.45, 7) is -0.170. The summed E-state index contributed by atoms with van der Waals surface area (Å²) < 4.78 is 6.12. The molecule has 0 aliphatic carbocycles. The lowest BCUT2D eigenvalue weighted by atomic mass is 10.2. The van der Waals surface area contributed by atoms with Gasteiger partial charge in [-0.2, -0.15) is 0 Å². The summed E-state index contributed by atoms with van der Waals surface area (Å²) in [5, 5.41) is 11.4. The van der Waals surface area contributed by atoms with Crippen molar-refractivity contribution in [2.45, 2.75) is 6.54 Å². The lowest BCUT2D eigenvalue weighted by Gasteiger charge is -2.08. The highest BCUT2D eigenvalue weighted by Crippen LogP contribution is 2.09. The van der Waals surface area contributed by atoms with Crippen LogP contribution in [-0.2, 0) is 11.3 Å². The van der Waals surface area contributed by atoms with E-state index in [-0.39, 0.29) is 17.9 Å². The van der Waals surface area contributed by atoms with E-state index in [1.54, 1.807) is 6.07 Å². The molecule has 0 atom stereocenters. The van der Waals surface area contributed by atoms with E-state index in [2.05, 4.69) is 5.32 Å². The number of carboxylic acid groups (broad SMARTS) is 1. The van der Waals surface area contributed by atoms with Crippen LogP contribution in [0.15, 0.2) is 47.4 Å². The molecule has 0 radical (unpaired) electrons. The van der Waals surface area contributed by atoms with Crippen molar-refractivity contribution >= 4 is 17.6 Å². The van der Waals surface area contributed by atoms with Crippen LogP contribution in [-0.4, -0.2) is 28.7 Å². The van der Waals surface area contributed by atoms with Gasteiger partial charge in [-0.15, -0.1) is 0 Å². The van der Waals surface area contributed by atoms with Gasteiger partial charge in [-0.25, -0.2) is 4.79 Å². The smallest absolute Gasteiger partial charge is 0.335 e. The number of hydrogen-bond acceptors (Lipinski definition) is 4. The van der Waals surface area contributed by atoms with Gasteiger partial charge in [-0.05, 0) is 36.4 Å². The number of nitrogens with one attached hydrogen (secondary N) is 1. The molecule has 0 aliphatic rings. The highest BCUT2D eigenvalue weighted by atomic mass is 16.5. The molecule has 0 unspecified atom stereocenters. The fourth-order valence-electron chi connectivity index (χ4n) is 1.85. The molecule has 0 saturated heterocycles. The number of ether oxygens (including phenoxy) is 1. The lowest BCUT2D eigenvalue weighted by Crippen LogP contribution is -2.27. The minimum atomic E-state index is -1.04. The molecule has 1 amide bonds. The number of anilines is 1. The van der Waals surface area contributed by atoms with Crippen LogP contribution in [0.1, 0.15) is 10.4 Å². The number of carboxylic acids is 1. The fourth-order valence-corrected chi connectivity index (χ4v) is 1.85. The van der Waals surface area contributed by atoms with Crippen LogP contribution in [0.2, 0.25) is 0 Å². The van der Waals surface area contributed by atoms with E-state index in [1.807, 2.05) is 0 Å². The molecule has 1 heterocycles. The summed E-state index contributed by atoms with van der Waals surface area (Å²) in [6.07, 6.45) is 1.48. The molecule has 1 aromatic heterocycles. The Hall–Kier alpha value is -3.09. The van der Waals surface area contributed by atoms with Gasteiger partial charge >= 0.3 is 5.97 Å². The Morgan fingerprint density at radius 3 is 2.50 bits per heavy atom. The first-order valence-electron chi connectivity index (χ1n) is 6.38. The van der Waals surface area contributed by atoms with Crippen molar-refractivity contribution < 1.29 is 19.4 Å². The van der Waals surface area contributed by atoms with Crippen molar-refractivity contribution in [3.05, 3.63) is 58.5 Å². The molecule has 0 aliphatic heterocycles. The average molecular weight is 302 g/mol. The minimum absolute atomic E-state index is 0.127. The third-order valence-corrected chi connectivity index (χ3v) is 2.93. The van der Waals surface area contributed by atoms with Crippen molar-refractivity contribution in [3.63, 3.8) is 0 Å². The predicted octanol–water partition coefficient (Wildman–Crippen LogP) is 1.19. The molecule has 2 aromatic rings. The Bertz CT molecular complexity index is 749. The number of amides is 1. The van der Waals surface area contributed by atoms with Crippen LogP contribution in [0.25, 0.3) is 0 Å². The van der Waals surface area contributed by atoms with E-state index in [9.17, 15) is 14.4 Å². The van der Waals surface area contributed by atoms with Gasteiger partial charge in [0.15, 0.2) is 5.75 Å². The molecule has 0 spiro atoms. The van der Waals surface area contributed by atoms with Gasteiger partial charge in [-0.1, -0.05) is 0 Å². The van der Waals surface area contributed by atoms with Crippen LogP contribution < -0.4 is 15.6 Å². The van der Waals surface area contributed by atoms with Gasteiger partial charge in [-0.3, -0.25) is 9.59 Å². The van der Waals surface area contributed by atoms with Gasteiger partial charge in [0, 0.05) is 11.9 Å². The largest absolute Gasteiger partial charge is 0.491 e. The maximum atomic E-state index is 11.9. The number of benzene rings is 1. The third kappa shape index (κ3) is 3.51. The Kier molecular flexibility index (Phi) is 4.57. The van der Waals surface area contributed by atoms with Crippen molar-refractivity contribution in [1.82, 2.24) is 4.57 Å². The maximum Gasteiger partial charge on any atom is 0.335 e. The second-order valence-electron chi connectivity index (χ2n) is 4.44. The first-order chi connectivity index (χ1) is 10.5. The highest BCUT2D eigenvalue weighted by molar-refractivity contribution is 5.92. The summed E-state index contributed by atoms with van der Waals surface area (Å²) in [7, 11) is 1.38. The molecule has 114 valence electrons. The van der Waals surface area contributed by atoms with E-state index < -0.39 is 17.4 Å². The summed E-state index contributed by atoms with van der Waals surface area (Å²) in [5.41, 5.74) is 0.175. The Morgan fingerprint density at radius 1 is 1.23 bits per heavy atom. The number of aromatic nitrogens is 1. The molecule has 7 heteroatoms. The number of rotatable bonds is 5. The van der Waals surface area contributed by atoms with Crippen LogP contribution >= 0.6 is 0 Å². The SMILES string of the molecule is COc1cccn(CC(=O)Nc2ccc(C(=O)O)cc2)c1=O. The number of carbonyl (C=O) groups excluding carboxylic acids is 1. The van der Waals surface area contributed by atoms with Crippen molar-refractivity contribution in [1.29, 1.82) is 0 Å². The van der Waals surface area contributed by atoms with E-state index in [0.29, 0.717) is 5.69 Å². The Balaban J connectivity index is 2.07. The van der Waals surface area contributed by atoms with Crippen molar-refractivity contribution in [2.75, 3.05) is 12.4 Å². The standard InChI is InChI=1S/C15H14N2O5/c1-22-12-3-2-8-17(14(12)19)9-13(18)16-11-6-4-10(5-7-11)15(20)21/h2-8H,9H2,1H3,(H,16,18)(H,20,21). The second kappa shape index (κ2) is 6.57. The zero-order valence-corrected chi connectivity index (χ0v) is 11.8. The Labute approximate surface area is 125 Å². The molecule has 2 N–H and O–H groups in total. The van der Waals surface area contributed by atoms with Gasteiger partial charge in [0.2, 0.25) is 5.91 Å². The van der Waals surface area contributed by atoms with E-state index in [1.165, 1.54) is 48.2 Å². The van der Waals surface area contributed by atoms with Gasteiger partial charge in [0.1, 0.15) is 6.54 Å². The van der Waals surface area contributed by atoms with E-state index in [4.69, 9.17) is 9.84 Å². The number of nitrogens with zero attached hydrogens (tertiary/aromatic N) is 1. The summed E-state index contributed by atoms with van der Waals surface area (Å²) >= 11 is 0. The van der Waals surface area contributed by atoms with Gasteiger partial charge < -0.3 is 19.7 Å². The molecule has 0 fully saturated rings. The van der Waals surface area contributed by atoms with Crippen LogP contribution in [0, 0.1) is 0 Å². The van der Waals surface area contributed by atoms with E-state index >= 15 is 0 Å². The molecule has 0 bridgehead atoms. The zero-order chi connectivity index (χ0) is 16.1. The quantitative estimate of drug-likeness (QED) is 0.864. The molecular weight excluding hydrogens is 288 g/mol. The first-order valence-corrected chi connectivity index (χ1v) is 6.38. The molecule has 2 rings (SSSR count). The van der Waals surface area contributed by atoms with Crippen LogP contribution in [0.4, 0.5) is 5.69 Å². The topological polar surface area (TPSA) is 97.6 Å². The number of hydrogen-bond donors (Lipinski definition) is 2. The molecule has 0 saturated carbocycles. The predicted molar refractivity (Wildman–Crippen MR) is 79.3 cm³/mol. The zero-order valence-electron chi connectivity index (χ0n) is 11.8. The highest BCUT2D eigenvalue weighted by Gasteiger charge is 2.08. The van der Waals surface area contributed by atoms with Crippen molar-refractivity contribution in [2.24, 2.45) is 0 Å². The molecule has 7 nitrogen and oxygen atoms in total. The van der Waals surface area contributed by atoms with Gasteiger partial charge in [0.05, 0.1) is 12.7 Å². The lowest BCUT2D eigenvalue weighted by molar-refractivity contribution is -0.116. The summed E-state index contributed by atoms with van der Waals surface area (Å²) in [4.78, 5) is 34.6. The first kappa shape index (κ1) is 15.3. The van der Waals surface area contributed by atoms with E-state index in [0.717, 1.165) is 0 Å². The van der Waals surface area contributed by atoms with Crippen molar-refractivity contribution in [3.8, 4) is 5.75 Å². The number of aromatic carboxylic acids is 1. The monoisotopic (exact) mass is 302 g/mol. The number of methoxy groups -OCH3 is 1. The number of pyridine rings is 1. The molecule has 1 aromatic carbocycles. The molecule has 22 heavy (non-hydrogen) atoms. The normalized spacial score (nSPS) is 10.0. The average Bonchev–Trinajstić information content (AvgIpc) is 2.50. The van der Waals surface area contributed by atoms with Crippen LogP contribution in [0.5, 0.6) is 5.75 Å². The minimum Gasteiger partial charge on any atom is -0.491 e. The molecular formula is C15H14N2O5.